The third-order valence-corrected chi connectivity index (χ3v) is 15.2. The van der Waals surface area contributed by atoms with Crippen LogP contribution in [-0.4, -0.2) is 32.8 Å². The summed E-state index contributed by atoms with van der Waals surface area (Å²) in [6.07, 6.45) is 3.89. The van der Waals surface area contributed by atoms with Crippen molar-refractivity contribution in [2.75, 3.05) is 0 Å². The number of hydrogen-bond acceptors (Lipinski definition) is 4. The molecule has 299 valence electrons. The number of hydrogen-bond donors (Lipinski definition) is 0. The van der Waals surface area contributed by atoms with Gasteiger partial charge in [-0.3, -0.25) is 9.97 Å². The third kappa shape index (κ3) is 8.24. The van der Waals surface area contributed by atoms with Gasteiger partial charge in [0, 0.05) is 37.4 Å². The minimum absolute atomic E-state index is 0. The van der Waals surface area contributed by atoms with E-state index in [2.05, 4.69) is 163 Å². The summed E-state index contributed by atoms with van der Waals surface area (Å²) in [5.41, 5.74) is 14.8. The van der Waals surface area contributed by atoms with Crippen LogP contribution in [0.5, 0.6) is 0 Å². The Hall–Kier alpha value is -5.14. The summed E-state index contributed by atoms with van der Waals surface area (Å²) >= 11 is -1.72. The van der Waals surface area contributed by atoms with E-state index in [1.54, 1.807) is 0 Å². The first-order valence-corrected chi connectivity index (χ1v) is 27.6. The Balaban J connectivity index is 0.000000262. The van der Waals surface area contributed by atoms with E-state index >= 15 is 0 Å². The third-order valence-electron chi connectivity index (χ3n) is 11.0. The molecule has 0 saturated heterocycles. The molecule has 0 saturated carbocycles. The molecule has 5 nitrogen and oxygen atoms in total. The molecule has 0 unspecified atom stereocenters. The standard InChI is InChI=1S/C38H34N3O.C14H16GeN.Ir/c1-22(2)30-20-27(26-12-8-7-9-13-26)21-31(23(3)4)35(30)41-33-15-11-10-14-32(33)40-38(41)29-17-16-24(5)34-28-18-19-39-25(6)36(28)42-37(29)34;1-15(2,3)13-9-10-14(16-11-13)12-7-5-4-6-8-12;/h7-16,18-23H,1-6H3;4-7,9-11H,1-3H3;/q2*-1;. The molecule has 0 aliphatic rings. The molecule has 0 spiro atoms. The number of nitrogens with zero attached hydrogens (tertiary/aromatic N) is 4. The second-order valence-corrected chi connectivity index (χ2v) is 27.5. The minimum atomic E-state index is -1.72. The van der Waals surface area contributed by atoms with Crippen LogP contribution in [0.15, 0.2) is 132 Å². The van der Waals surface area contributed by atoms with E-state index in [0.29, 0.717) is 0 Å². The van der Waals surface area contributed by atoms with Crippen molar-refractivity contribution in [2.24, 2.45) is 0 Å². The van der Waals surface area contributed by atoms with Gasteiger partial charge in [-0.15, -0.1) is 17.7 Å². The van der Waals surface area contributed by atoms with Crippen LogP contribution in [0.1, 0.15) is 61.9 Å². The molecule has 9 aromatic rings. The molecule has 0 aliphatic carbocycles. The van der Waals surface area contributed by atoms with E-state index in [0.717, 1.165) is 66.9 Å². The number of pyridine rings is 2. The van der Waals surface area contributed by atoms with E-state index in [9.17, 15) is 0 Å². The normalized spacial score (nSPS) is 11.6. The fourth-order valence-electron chi connectivity index (χ4n) is 7.79. The Bertz CT molecular complexity index is 2860. The fourth-order valence-corrected chi connectivity index (χ4v) is 9.96. The molecular formula is C52H50GeIrN4O-2. The number of aryl methyl sites for hydroxylation is 2. The van der Waals surface area contributed by atoms with Crippen molar-refractivity contribution in [3.63, 3.8) is 0 Å². The van der Waals surface area contributed by atoms with Crippen LogP contribution in [-0.2, 0) is 20.1 Å². The van der Waals surface area contributed by atoms with Gasteiger partial charge in [0.2, 0.25) is 0 Å². The molecule has 1 radical (unpaired) electrons. The topological polar surface area (TPSA) is 56.7 Å². The van der Waals surface area contributed by atoms with Crippen LogP contribution in [0, 0.1) is 26.0 Å². The summed E-state index contributed by atoms with van der Waals surface area (Å²) in [7, 11) is 0. The number of para-hydroxylation sites is 2. The summed E-state index contributed by atoms with van der Waals surface area (Å²) < 4.78 is 10.4. The number of fused-ring (bicyclic) bond motifs is 4. The summed E-state index contributed by atoms with van der Waals surface area (Å²) in [4.78, 5) is 14.3. The fraction of sp³-hybridized carbons (Fsp3) is 0.212. The minimum Gasteiger partial charge on any atom is 0 e. The maximum absolute atomic E-state index is 6.62. The maximum atomic E-state index is 6.62. The maximum Gasteiger partial charge on any atom is 0 e. The van der Waals surface area contributed by atoms with Crippen LogP contribution in [0.25, 0.3) is 72.4 Å². The molecule has 0 N–H and O–H groups in total. The Morgan fingerprint density at radius 1 is 0.712 bits per heavy atom. The van der Waals surface area contributed by atoms with Gasteiger partial charge in [-0.25, -0.2) is 0 Å². The summed E-state index contributed by atoms with van der Waals surface area (Å²) in [6, 6.07) is 47.0. The Kier molecular flexibility index (Phi) is 12.3. The molecule has 5 aromatic carbocycles. The van der Waals surface area contributed by atoms with E-state index in [1.807, 2.05) is 49.6 Å². The zero-order valence-electron chi connectivity index (χ0n) is 35.3. The van der Waals surface area contributed by atoms with Crippen molar-refractivity contribution in [2.45, 2.75) is 70.6 Å². The number of rotatable bonds is 7. The Morgan fingerprint density at radius 2 is 1.41 bits per heavy atom. The predicted octanol–water partition coefficient (Wildman–Crippen LogP) is 13.4. The number of furan rings is 1. The zero-order chi connectivity index (χ0) is 40.7. The quantitative estimate of drug-likeness (QED) is 0.118. The molecule has 0 bridgehead atoms. The molecule has 59 heavy (non-hydrogen) atoms. The number of imidazole rings is 1. The second kappa shape index (κ2) is 17.2. The van der Waals surface area contributed by atoms with Gasteiger partial charge in [-0.05, 0) is 71.3 Å². The summed E-state index contributed by atoms with van der Waals surface area (Å²) in [5, 5.41) is 2.17. The molecule has 0 atom stereocenters. The molecular weight excluding hydrogens is 961 g/mol. The first kappa shape index (κ1) is 42.0. The monoisotopic (exact) mass is 1010 g/mol. The van der Waals surface area contributed by atoms with Gasteiger partial charge in [0.15, 0.2) is 0 Å². The van der Waals surface area contributed by atoms with Crippen LogP contribution in [0.3, 0.4) is 0 Å². The van der Waals surface area contributed by atoms with Gasteiger partial charge >= 0.3 is 99.8 Å². The number of aromatic nitrogens is 4. The van der Waals surface area contributed by atoms with Crippen LogP contribution < -0.4 is 4.40 Å². The summed E-state index contributed by atoms with van der Waals surface area (Å²) in [5.74, 6) is 8.55. The molecule has 7 heteroatoms. The molecule has 4 heterocycles. The molecule has 4 aromatic heterocycles. The first-order chi connectivity index (χ1) is 27.9. The van der Waals surface area contributed by atoms with E-state index in [1.165, 1.54) is 32.3 Å². The van der Waals surface area contributed by atoms with Crippen molar-refractivity contribution >= 4 is 50.6 Å². The zero-order valence-corrected chi connectivity index (χ0v) is 39.8. The van der Waals surface area contributed by atoms with Gasteiger partial charge in [-0.2, -0.15) is 0 Å². The molecule has 0 amide bonds. The van der Waals surface area contributed by atoms with Gasteiger partial charge in [0.25, 0.3) is 0 Å². The molecule has 9 rings (SSSR count). The van der Waals surface area contributed by atoms with Gasteiger partial charge < -0.3 is 8.98 Å². The van der Waals surface area contributed by atoms with Crippen molar-refractivity contribution in [3.05, 3.63) is 162 Å². The van der Waals surface area contributed by atoms with Crippen LogP contribution in [0.2, 0.25) is 17.3 Å². The van der Waals surface area contributed by atoms with Crippen LogP contribution in [0.4, 0.5) is 0 Å². The summed E-state index contributed by atoms with van der Waals surface area (Å²) in [6.45, 7) is 13.2. The van der Waals surface area contributed by atoms with Gasteiger partial charge in [0.05, 0.1) is 28.1 Å². The Labute approximate surface area is 364 Å². The van der Waals surface area contributed by atoms with E-state index < -0.39 is 13.3 Å². The van der Waals surface area contributed by atoms with Gasteiger partial charge in [-0.1, -0.05) is 88.0 Å². The van der Waals surface area contributed by atoms with Crippen molar-refractivity contribution in [1.82, 2.24) is 19.5 Å². The molecule has 0 fully saturated rings. The Morgan fingerprint density at radius 3 is 2.05 bits per heavy atom. The smallest absolute Gasteiger partial charge is 0 e. The van der Waals surface area contributed by atoms with Crippen molar-refractivity contribution in [1.29, 1.82) is 0 Å². The van der Waals surface area contributed by atoms with Crippen molar-refractivity contribution < 1.29 is 24.5 Å². The largest absolute Gasteiger partial charge is 0 e. The van der Waals surface area contributed by atoms with E-state index in [-0.39, 0.29) is 31.9 Å². The second-order valence-electron chi connectivity index (χ2n) is 16.8. The van der Waals surface area contributed by atoms with Gasteiger partial charge in [0.1, 0.15) is 5.58 Å². The first-order valence-electron chi connectivity index (χ1n) is 20.2. The SMILES string of the molecule is Cc1nccc2c1oc1c(-c3nc4ccccc4n3-c3c(C(C)C)cc(-c4ccccc4)cc3C(C)C)[c-]cc(C)c12.[CH3][Ge]([CH3])([CH3])[c]1ccc(-c2[c-]cccc2)nc1.[Ir]. The average Bonchev–Trinajstić information content (AvgIpc) is 3.82. The predicted molar refractivity (Wildman–Crippen MR) is 245 cm³/mol. The average molecular weight is 1010 g/mol. The van der Waals surface area contributed by atoms with Crippen molar-refractivity contribution in [3.8, 4) is 39.5 Å². The molecule has 0 aliphatic heterocycles. The van der Waals surface area contributed by atoms with Crippen LogP contribution >= 0.6 is 0 Å². The number of benzene rings is 5. The van der Waals surface area contributed by atoms with E-state index in [4.69, 9.17) is 9.40 Å².